The van der Waals surface area contributed by atoms with Gasteiger partial charge in [-0.05, 0) is 31.1 Å². The highest BCUT2D eigenvalue weighted by Crippen LogP contribution is 2.19. The van der Waals surface area contributed by atoms with Gasteiger partial charge in [0.15, 0.2) is 0 Å². The predicted molar refractivity (Wildman–Crippen MR) is 144 cm³/mol. The molecule has 0 bridgehead atoms. The molecule has 0 saturated carbocycles. The molecule has 1 unspecified atom stereocenters. The van der Waals surface area contributed by atoms with Crippen LogP contribution in [0.2, 0.25) is 0 Å². The summed E-state index contributed by atoms with van der Waals surface area (Å²) in [6.07, 6.45) is 3.64. The molecule has 4 rings (SSSR count). The Bertz CT molecular complexity index is 1100. The van der Waals surface area contributed by atoms with Crippen molar-refractivity contribution in [1.82, 2.24) is 25.8 Å². The lowest BCUT2D eigenvalue weighted by Gasteiger charge is -2.34. The molecule has 2 aromatic rings. The summed E-state index contributed by atoms with van der Waals surface area (Å²) in [4.78, 5) is 33.1. The Hall–Kier alpha value is -3.69. The molecule has 1 fully saturated rings. The van der Waals surface area contributed by atoms with E-state index in [1.807, 2.05) is 78.7 Å². The van der Waals surface area contributed by atoms with Crippen molar-refractivity contribution in [2.45, 2.75) is 32.0 Å². The largest absolute Gasteiger partial charge is 0.490 e. The molecule has 9 nitrogen and oxygen atoms in total. The van der Waals surface area contributed by atoms with Gasteiger partial charge in [0.25, 0.3) is 0 Å². The lowest BCUT2D eigenvalue weighted by molar-refractivity contribution is -0.122. The molecule has 37 heavy (non-hydrogen) atoms. The van der Waals surface area contributed by atoms with Gasteiger partial charge in [-0.2, -0.15) is 0 Å². The van der Waals surface area contributed by atoms with E-state index in [1.165, 1.54) is 6.92 Å². The van der Waals surface area contributed by atoms with Crippen molar-refractivity contribution in [2.24, 2.45) is 4.99 Å². The molecule has 0 aliphatic carbocycles. The van der Waals surface area contributed by atoms with Crippen molar-refractivity contribution in [3.05, 3.63) is 78.1 Å². The minimum atomic E-state index is -0.192. The van der Waals surface area contributed by atoms with Crippen molar-refractivity contribution in [3.63, 3.8) is 0 Å². The molecule has 0 radical (unpaired) electrons. The Balaban J connectivity index is 1.34. The fraction of sp³-hybridized carbons (Fsp3) is 0.393. The van der Waals surface area contributed by atoms with Gasteiger partial charge in [0, 0.05) is 45.7 Å². The topological polar surface area (TPSA) is 98.3 Å². The van der Waals surface area contributed by atoms with E-state index < -0.39 is 0 Å². The standard InChI is InChI=1S/C28H36N6O3/c1-21(35)29-15-16-30-26-19-25(32-28(33(26)2)22-9-5-3-6-10-22)31-27(36)20-34-17-13-24(14-18-34)37-23-11-7-4-8-12-23/h3-12,19,24,26,30H,13-18,20H2,1-2H3,(H,29,35)(H,31,36). The van der Waals surface area contributed by atoms with E-state index in [0.29, 0.717) is 25.5 Å². The summed E-state index contributed by atoms with van der Waals surface area (Å²) in [7, 11) is 1.96. The van der Waals surface area contributed by atoms with Crippen LogP contribution in [-0.4, -0.2) is 79.5 Å². The van der Waals surface area contributed by atoms with E-state index in [1.54, 1.807) is 0 Å². The summed E-state index contributed by atoms with van der Waals surface area (Å²) in [6, 6.07) is 19.8. The lowest BCUT2D eigenvalue weighted by Crippen LogP contribution is -2.50. The molecule has 2 aromatic carbocycles. The quantitative estimate of drug-likeness (QED) is 0.428. The Morgan fingerprint density at radius 2 is 1.68 bits per heavy atom. The molecule has 0 spiro atoms. The summed E-state index contributed by atoms with van der Waals surface area (Å²) < 4.78 is 6.07. The van der Waals surface area contributed by atoms with Crippen molar-refractivity contribution in [1.29, 1.82) is 0 Å². The summed E-state index contributed by atoms with van der Waals surface area (Å²) in [5.41, 5.74) is 0.957. The number of benzene rings is 2. The van der Waals surface area contributed by atoms with Gasteiger partial charge in [-0.3, -0.25) is 19.8 Å². The highest BCUT2D eigenvalue weighted by molar-refractivity contribution is 6.00. The van der Waals surface area contributed by atoms with E-state index in [9.17, 15) is 9.59 Å². The number of likely N-dealkylation sites (tertiary alicyclic amines) is 1. The average Bonchev–Trinajstić information content (AvgIpc) is 2.90. The number of hydrogen-bond donors (Lipinski definition) is 3. The SMILES string of the molecule is CC(=O)NCCNC1C=C(NC(=O)CN2CCC(Oc3ccccc3)CC2)N=C(c2ccccc2)N1C. The van der Waals surface area contributed by atoms with Crippen LogP contribution >= 0.6 is 0 Å². The number of nitrogens with zero attached hydrogens (tertiary/aromatic N) is 3. The summed E-state index contributed by atoms with van der Waals surface area (Å²) in [5.74, 6) is 2.01. The number of carbonyl (C=O) groups is 2. The van der Waals surface area contributed by atoms with Gasteiger partial charge >= 0.3 is 0 Å². The third kappa shape index (κ3) is 7.90. The number of nitrogens with one attached hydrogen (secondary N) is 3. The number of likely N-dealkylation sites (N-methyl/N-ethyl adjacent to an activating group) is 1. The molecule has 2 amide bonds. The maximum absolute atomic E-state index is 12.9. The lowest BCUT2D eigenvalue weighted by atomic mass is 10.1. The predicted octanol–water partition coefficient (Wildman–Crippen LogP) is 1.93. The maximum atomic E-state index is 12.9. The second kappa shape index (κ2) is 13.0. The molecule has 2 aliphatic rings. The molecular weight excluding hydrogens is 468 g/mol. The maximum Gasteiger partial charge on any atom is 0.239 e. The van der Waals surface area contributed by atoms with Crippen molar-refractivity contribution < 1.29 is 14.3 Å². The van der Waals surface area contributed by atoms with Crippen LogP contribution in [0.1, 0.15) is 25.3 Å². The first-order valence-electron chi connectivity index (χ1n) is 12.8. The minimum absolute atomic E-state index is 0.0653. The van der Waals surface area contributed by atoms with E-state index in [0.717, 1.165) is 43.1 Å². The van der Waals surface area contributed by atoms with Gasteiger partial charge in [-0.25, -0.2) is 4.99 Å². The van der Waals surface area contributed by atoms with Gasteiger partial charge in [-0.1, -0.05) is 48.5 Å². The highest BCUT2D eigenvalue weighted by Gasteiger charge is 2.25. The first-order valence-corrected chi connectivity index (χ1v) is 12.8. The molecule has 9 heteroatoms. The third-order valence-electron chi connectivity index (χ3n) is 6.39. The van der Waals surface area contributed by atoms with Crippen molar-refractivity contribution in [2.75, 3.05) is 39.8 Å². The molecule has 0 aromatic heterocycles. The van der Waals surface area contributed by atoms with Crippen LogP contribution in [0.15, 0.2) is 77.6 Å². The Kier molecular flexibility index (Phi) is 9.29. The average molecular weight is 505 g/mol. The number of aliphatic imine (C=N–C) groups is 1. The van der Waals surface area contributed by atoms with Crippen LogP contribution in [0.5, 0.6) is 5.75 Å². The number of amides is 2. The molecule has 1 atom stereocenters. The van der Waals surface area contributed by atoms with Crippen molar-refractivity contribution in [3.8, 4) is 5.75 Å². The van der Waals surface area contributed by atoms with Crippen LogP contribution in [-0.2, 0) is 9.59 Å². The molecule has 2 heterocycles. The smallest absolute Gasteiger partial charge is 0.239 e. The number of ether oxygens (including phenoxy) is 1. The number of piperidine rings is 1. The summed E-state index contributed by atoms with van der Waals surface area (Å²) in [6.45, 7) is 4.50. The summed E-state index contributed by atoms with van der Waals surface area (Å²) in [5, 5.41) is 9.21. The monoisotopic (exact) mass is 504 g/mol. The van der Waals surface area contributed by atoms with Gasteiger partial charge in [0.05, 0.1) is 6.54 Å². The Labute approximate surface area is 218 Å². The normalized spacial score (nSPS) is 18.5. The van der Waals surface area contributed by atoms with E-state index >= 15 is 0 Å². The summed E-state index contributed by atoms with van der Waals surface area (Å²) >= 11 is 0. The second-order valence-corrected chi connectivity index (χ2v) is 9.30. The number of amidine groups is 1. The van der Waals surface area contributed by atoms with E-state index in [2.05, 4.69) is 20.9 Å². The zero-order valence-corrected chi connectivity index (χ0v) is 21.5. The molecule has 3 N–H and O–H groups in total. The number of carbonyl (C=O) groups excluding carboxylic acids is 2. The first-order chi connectivity index (χ1) is 18.0. The Morgan fingerprint density at radius 3 is 2.35 bits per heavy atom. The molecule has 2 aliphatic heterocycles. The van der Waals surface area contributed by atoms with E-state index in [-0.39, 0.29) is 24.1 Å². The number of para-hydroxylation sites is 1. The molecule has 1 saturated heterocycles. The minimum Gasteiger partial charge on any atom is -0.490 e. The van der Waals surface area contributed by atoms with Crippen LogP contribution < -0.4 is 20.7 Å². The second-order valence-electron chi connectivity index (χ2n) is 9.30. The number of rotatable bonds is 10. The fourth-order valence-corrected chi connectivity index (χ4v) is 4.46. The van der Waals surface area contributed by atoms with Crippen molar-refractivity contribution >= 4 is 17.6 Å². The van der Waals surface area contributed by atoms with Gasteiger partial charge in [-0.15, -0.1) is 0 Å². The van der Waals surface area contributed by atoms with Crippen LogP contribution in [0, 0.1) is 0 Å². The zero-order chi connectivity index (χ0) is 26.0. The van der Waals surface area contributed by atoms with E-state index in [4.69, 9.17) is 9.73 Å². The molecule has 196 valence electrons. The Morgan fingerprint density at radius 1 is 1.00 bits per heavy atom. The first kappa shape index (κ1) is 26.4. The van der Waals surface area contributed by atoms with Gasteiger partial charge < -0.3 is 20.3 Å². The fourth-order valence-electron chi connectivity index (χ4n) is 4.46. The number of hydrogen-bond acceptors (Lipinski definition) is 7. The highest BCUT2D eigenvalue weighted by atomic mass is 16.5. The van der Waals surface area contributed by atoms with Crippen LogP contribution in [0.3, 0.4) is 0 Å². The molecular formula is C28H36N6O3. The zero-order valence-electron chi connectivity index (χ0n) is 21.5. The van der Waals surface area contributed by atoms with Crippen LogP contribution in [0.4, 0.5) is 0 Å². The van der Waals surface area contributed by atoms with Gasteiger partial charge in [0.2, 0.25) is 11.8 Å². The van der Waals surface area contributed by atoms with Gasteiger partial charge in [0.1, 0.15) is 29.7 Å². The van der Waals surface area contributed by atoms with Crippen LogP contribution in [0.25, 0.3) is 0 Å². The third-order valence-corrected chi connectivity index (χ3v) is 6.39.